The molecule has 3 heterocycles. The molecule has 3 saturated heterocycles. The molecule has 2 bridgehead atoms. The number of likely N-dealkylation sites (N-methyl/N-ethyl adjacent to an activating group) is 1. The zero-order chi connectivity index (χ0) is 15.8. The highest BCUT2D eigenvalue weighted by molar-refractivity contribution is 6.30. The van der Waals surface area contributed by atoms with Crippen LogP contribution in [0.15, 0.2) is 24.3 Å². The van der Waals surface area contributed by atoms with E-state index in [0.29, 0.717) is 18.2 Å². The summed E-state index contributed by atoms with van der Waals surface area (Å²) in [5.41, 5.74) is 1.25. The molecule has 1 aromatic rings. The van der Waals surface area contributed by atoms with Crippen molar-refractivity contribution >= 4 is 11.6 Å². The lowest BCUT2D eigenvalue weighted by molar-refractivity contribution is -0.0426. The van der Waals surface area contributed by atoms with Crippen LogP contribution in [0.2, 0.25) is 5.02 Å². The third-order valence-corrected chi connectivity index (χ3v) is 5.65. The molecule has 0 saturated carbocycles. The summed E-state index contributed by atoms with van der Waals surface area (Å²) in [6.45, 7) is 2.74. The van der Waals surface area contributed by atoms with Crippen LogP contribution in [0.4, 0.5) is 0 Å². The molecule has 0 radical (unpaired) electrons. The minimum Gasteiger partial charge on any atom is -0.374 e. The van der Waals surface area contributed by atoms with Crippen LogP contribution in [0.25, 0.3) is 0 Å². The molecule has 3 aliphatic heterocycles. The molecule has 5 heteroatoms. The normalized spacial score (nSPS) is 35.6. The van der Waals surface area contributed by atoms with Crippen molar-refractivity contribution in [1.29, 1.82) is 0 Å². The topological polar surface area (TPSA) is 33.7 Å². The average molecular weight is 337 g/mol. The summed E-state index contributed by atoms with van der Waals surface area (Å²) in [7, 11) is 2.16. The molecule has 5 atom stereocenters. The number of benzene rings is 1. The van der Waals surface area contributed by atoms with Crippen molar-refractivity contribution in [2.24, 2.45) is 0 Å². The van der Waals surface area contributed by atoms with E-state index in [2.05, 4.69) is 29.4 Å². The van der Waals surface area contributed by atoms with Gasteiger partial charge < -0.3 is 19.7 Å². The van der Waals surface area contributed by atoms with Crippen LogP contribution in [0, 0.1) is 0 Å². The Kier molecular flexibility index (Phi) is 4.61. The van der Waals surface area contributed by atoms with Crippen LogP contribution < -0.4 is 5.32 Å². The van der Waals surface area contributed by atoms with Crippen molar-refractivity contribution in [3.05, 3.63) is 34.9 Å². The molecular formula is C18H25ClN2O2. The predicted molar refractivity (Wildman–Crippen MR) is 90.9 cm³/mol. The highest BCUT2D eigenvalue weighted by atomic mass is 35.5. The third-order valence-electron chi connectivity index (χ3n) is 5.40. The molecule has 0 aromatic heterocycles. The Morgan fingerprint density at radius 3 is 2.74 bits per heavy atom. The van der Waals surface area contributed by atoms with Gasteiger partial charge in [0.05, 0.1) is 31.0 Å². The number of fused-ring (bicyclic) bond motifs is 2. The standard InChI is InChI=1S/C18H25ClN2O2/c1-21-8-9-22-17(11-21)18(12-2-4-13(19)5-3-12)20-15-10-14-6-7-16(15)23-14/h2-5,14-18,20H,6-11H2,1H3/t14-,15-,16-,17+,18+/m1/s1. The SMILES string of the molecule is CN1CCO[C@H]([C@@H](N[C@@H]2C[C@H]3CC[C@H]2O3)c2ccc(Cl)cc2)C1. The van der Waals surface area contributed by atoms with Crippen LogP contribution in [-0.2, 0) is 9.47 Å². The number of hydrogen-bond donors (Lipinski definition) is 1. The van der Waals surface area contributed by atoms with E-state index >= 15 is 0 Å². The maximum atomic E-state index is 6.11. The summed E-state index contributed by atoms with van der Waals surface area (Å²) in [6.07, 6.45) is 4.51. The highest BCUT2D eigenvalue weighted by Crippen LogP contribution is 2.36. The van der Waals surface area contributed by atoms with E-state index < -0.39 is 0 Å². The first-order chi connectivity index (χ1) is 11.2. The largest absolute Gasteiger partial charge is 0.374 e. The van der Waals surface area contributed by atoms with Crippen molar-refractivity contribution in [3.8, 4) is 0 Å². The van der Waals surface area contributed by atoms with Gasteiger partial charge in [-0.05, 0) is 44.0 Å². The highest BCUT2D eigenvalue weighted by Gasteiger charge is 2.42. The second-order valence-electron chi connectivity index (χ2n) is 7.08. The van der Waals surface area contributed by atoms with Gasteiger partial charge in [-0.2, -0.15) is 0 Å². The fraction of sp³-hybridized carbons (Fsp3) is 0.667. The smallest absolute Gasteiger partial charge is 0.0896 e. The van der Waals surface area contributed by atoms with E-state index in [-0.39, 0.29) is 12.1 Å². The van der Waals surface area contributed by atoms with Crippen molar-refractivity contribution < 1.29 is 9.47 Å². The van der Waals surface area contributed by atoms with Gasteiger partial charge in [-0.3, -0.25) is 0 Å². The Labute approximate surface area is 143 Å². The van der Waals surface area contributed by atoms with Gasteiger partial charge in [0.2, 0.25) is 0 Å². The van der Waals surface area contributed by atoms with E-state index in [9.17, 15) is 0 Å². The van der Waals surface area contributed by atoms with E-state index in [0.717, 1.165) is 31.1 Å². The van der Waals surface area contributed by atoms with E-state index in [1.807, 2.05) is 12.1 Å². The Morgan fingerprint density at radius 1 is 1.26 bits per heavy atom. The van der Waals surface area contributed by atoms with Crippen molar-refractivity contribution in [3.63, 3.8) is 0 Å². The molecular weight excluding hydrogens is 312 g/mol. The third kappa shape index (κ3) is 3.42. The Bertz CT molecular complexity index is 538. The summed E-state index contributed by atoms with van der Waals surface area (Å²) in [5.74, 6) is 0. The van der Waals surface area contributed by atoms with E-state index in [1.54, 1.807) is 0 Å². The zero-order valence-corrected chi connectivity index (χ0v) is 14.3. The second kappa shape index (κ2) is 6.69. The predicted octanol–water partition coefficient (Wildman–Crippen LogP) is 2.62. The molecule has 4 rings (SSSR count). The van der Waals surface area contributed by atoms with Gasteiger partial charge in [-0.15, -0.1) is 0 Å². The van der Waals surface area contributed by atoms with Gasteiger partial charge in [0.1, 0.15) is 0 Å². The van der Waals surface area contributed by atoms with Crippen LogP contribution in [-0.4, -0.2) is 56.0 Å². The minimum atomic E-state index is 0.161. The van der Waals surface area contributed by atoms with Gasteiger partial charge in [-0.1, -0.05) is 23.7 Å². The lowest BCUT2D eigenvalue weighted by Crippen LogP contribution is -2.50. The van der Waals surface area contributed by atoms with Crippen LogP contribution in [0.1, 0.15) is 30.9 Å². The fourth-order valence-electron chi connectivity index (χ4n) is 4.14. The first kappa shape index (κ1) is 15.9. The Morgan fingerprint density at radius 2 is 2.09 bits per heavy atom. The monoisotopic (exact) mass is 336 g/mol. The van der Waals surface area contributed by atoms with Gasteiger partial charge >= 0.3 is 0 Å². The second-order valence-corrected chi connectivity index (χ2v) is 7.52. The molecule has 0 amide bonds. The number of ether oxygens (including phenoxy) is 2. The summed E-state index contributed by atoms with van der Waals surface area (Å²) in [6, 6.07) is 8.79. The number of nitrogens with one attached hydrogen (secondary N) is 1. The van der Waals surface area contributed by atoms with E-state index in [4.69, 9.17) is 21.1 Å². The lowest BCUT2D eigenvalue weighted by atomic mass is 9.92. The zero-order valence-electron chi connectivity index (χ0n) is 13.6. The van der Waals surface area contributed by atoms with Crippen molar-refractivity contribution in [1.82, 2.24) is 10.2 Å². The summed E-state index contributed by atoms with van der Waals surface area (Å²) in [5, 5.41) is 4.63. The maximum absolute atomic E-state index is 6.11. The number of hydrogen-bond acceptors (Lipinski definition) is 4. The molecule has 4 nitrogen and oxygen atoms in total. The lowest BCUT2D eigenvalue weighted by Gasteiger charge is -2.38. The first-order valence-electron chi connectivity index (χ1n) is 8.66. The molecule has 126 valence electrons. The van der Waals surface area contributed by atoms with Gasteiger partial charge in [0, 0.05) is 24.2 Å². The summed E-state index contributed by atoms with van der Waals surface area (Å²) < 4.78 is 12.1. The van der Waals surface area contributed by atoms with Crippen LogP contribution in [0.5, 0.6) is 0 Å². The maximum Gasteiger partial charge on any atom is 0.0896 e. The Hall–Kier alpha value is -0.650. The molecule has 0 unspecified atom stereocenters. The molecule has 0 aliphatic carbocycles. The van der Waals surface area contributed by atoms with Gasteiger partial charge in [0.25, 0.3) is 0 Å². The molecule has 3 fully saturated rings. The molecule has 1 aromatic carbocycles. The minimum absolute atomic E-state index is 0.161. The molecule has 0 spiro atoms. The van der Waals surface area contributed by atoms with Gasteiger partial charge in [0.15, 0.2) is 0 Å². The summed E-state index contributed by atoms with van der Waals surface area (Å²) in [4.78, 5) is 2.34. The van der Waals surface area contributed by atoms with Crippen LogP contribution >= 0.6 is 11.6 Å². The first-order valence-corrected chi connectivity index (χ1v) is 9.04. The molecule has 1 N–H and O–H groups in total. The number of nitrogens with zero attached hydrogens (tertiary/aromatic N) is 1. The van der Waals surface area contributed by atoms with E-state index in [1.165, 1.54) is 18.4 Å². The molecule has 3 aliphatic rings. The van der Waals surface area contributed by atoms with Crippen molar-refractivity contribution in [2.45, 2.75) is 49.7 Å². The number of rotatable bonds is 4. The molecule has 23 heavy (non-hydrogen) atoms. The fourth-order valence-corrected chi connectivity index (χ4v) is 4.27. The van der Waals surface area contributed by atoms with Crippen LogP contribution in [0.3, 0.4) is 0 Å². The Balaban J connectivity index is 1.54. The van der Waals surface area contributed by atoms with Gasteiger partial charge in [-0.25, -0.2) is 0 Å². The number of morpholine rings is 1. The average Bonchev–Trinajstić information content (AvgIpc) is 3.16. The van der Waals surface area contributed by atoms with Crippen molar-refractivity contribution in [2.75, 3.05) is 26.7 Å². The summed E-state index contributed by atoms with van der Waals surface area (Å²) >= 11 is 6.07. The number of halogens is 1. The quantitative estimate of drug-likeness (QED) is 0.916.